The molecule has 0 aliphatic rings. The third kappa shape index (κ3) is 2.66. The average Bonchev–Trinajstić information content (AvgIpc) is 2.73. The van der Waals surface area contributed by atoms with Crippen molar-refractivity contribution < 1.29 is 0 Å². The van der Waals surface area contributed by atoms with E-state index in [0.29, 0.717) is 0 Å². The molecule has 0 radical (unpaired) electrons. The van der Waals surface area contributed by atoms with Crippen LogP contribution in [0.3, 0.4) is 0 Å². The molecular weight excluding hydrogens is 334 g/mol. The first-order valence-electron chi connectivity index (χ1n) is 8.63. The van der Waals surface area contributed by atoms with Crippen molar-refractivity contribution in [2.75, 3.05) is 5.73 Å². The highest BCUT2D eigenvalue weighted by atomic mass is 15.0. The number of pyridine rings is 2. The summed E-state index contributed by atoms with van der Waals surface area (Å²) in [7, 11) is 0. The van der Waals surface area contributed by atoms with Gasteiger partial charge in [0.25, 0.3) is 0 Å². The van der Waals surface area contributed by atoms with Gasteiger partial charge in [-0.05, 0) is 18.2 Å². The van der Waals surface area contributed by atoms with E-state index in [2.05, 4.69) is 15.0 Å². The minimum atomic E-state index is 0.239. The number of nitrogen functional groups attached to an aromatic ring is 1. The molecule has 5 nitrogen and oxygen atoms in total. The molecule has 0 atom stereocenters. The van der Waals surface area contributed by atoms with Crippen molar-refractivity contribution in [1.29, 1.82) is 0 Å². The molecule has 5 aromatic rings. The van der Waals surface area contributed by atoms with Crippen molar-refractivity contribution in [2.45, 2.75) is 0 Å². The van der Waals surface area contributed by atoms with E-state index in [9.17, 15) is 0 Å². The standard InChI is InChI=1S/C22H15N5/c23-22-26-18-12-11-17(16-10-4-8-14-9-5-13-24-19(14)16)25-21(18)20(27-22)15-6-2-1-3-7-15/h1-13H,(H2,23,26,27). The molecule has 5 rings (SSSR count). The van der Waals surface area contributed by atoms with Crippen LogP contribution >= 0.6 is 0 Å². The first-order chi connectivity index (χ1) is 13.3. The summed E-state index contributed by atoms with van der Waals surface area (Å²) < 4.78 is 0. The Hall–Kier alpha value is -3.86. The molecular formula is C22H15N5. The Morgan fingerprint density at radius 1 is 0.667 bits per heavy atom. The molecule has 2 N–H and O–H groups in total. The van der Waals surface area contributed by atoms with Gasteiger partial charge >= 0.3 is 0 Å². The lowest BCUT2D eigenvalue weighted by molar-refractivity contribution is 1.21. The highest BCUT2D eigenvalue weighted by Gasteiger charge is 2.13. The Morgan fingerprint density at radius 3 is 2.41 bits per heavy atom. The Kier molecular flexibility index (Phi) is 3.50. The number of benzene rings is 2. The predicted molar refractivity (Wildman–Crippen MR) is 108 cm³/mol. The second kappa shape index (κ2) is 6.14. The Bertz CT molecular complexity index is 1280. The van der Waals surface area contributed by atoms with Crippen molar-refractivity contribution in [3.63, 3.8) is 0 Å². The van der Waals surface area contributed by atoms with Crippen LogP contribution in [-0.2, 0) is 0 Å². The van der Waals surface area contributed by atoms with E-state index < -0.39 is 0 Å². The summed E-state index contributed by atoms with van der Waals surface area (Å²) in [6.07, 6.45) is 1.80. The summed E-state index contributed by atoms with van der Waals surface area (Å²) in [6, 6.07) is 23.9. The van der Waals surface area contributed by atoms with Crippen LogP contribution in [-0.4, -0.2) is 19.9 Å². The molecule has 2 aromatic carbocycles. The lowest BCUT2D eigenvalue weighted by Crippen LogP contribution is -2.00. The molecule has 128 valence electrons. The second-order valence-electron chi connectivity index (χ2n) is 6.24. The third-order valence-electron chi connectivity index (χ3n) is 4.52. The van der Waals surface area contributed by atoms with E-state index in [-0.39, 0.29) is 5.95 Å². The van der Waals surface area contributed by atoms with Crippen molar-refractivity contribution in [2.24, 2.45) is 0 Å². The van der Waals surface area contributed by atoms with E-state index in [1.54, 1.807) is 6.20 Å². The maximum absolute atomic E-state index is 5.93. The predicted octanol–water partition coefficient (Wildman–Crippen LogP) is 4.49. The molecule has 0 amide bonds. The summed E-state index contributed by atoms with van der Waals surface area (Å²) in [5.74, 6) is 0.239. The monoisotopic (exact) mass is 349 g/mol. The van der Waals surface area contributed by atoms with E-state index in [4.69, 9.17) is 10.7 Å². The van der Waals surface area contributed by atoms with Crippen molar-refractivity contribution >= 4 is 27.9 Å². The van der Waals surface area contributed by atoms with Gasteiger partial charge in [-0.25, -0.2) is 15.0 Å². The molecule has 0 saturated carbocycles. The van der Waals surface area contributed by atoms with E-state index in [1.807, 2.05) is 72.8 Å². The maximum atomic E-state index is 5.93. The van der Waals surface area contributed by atoms with Gasteiger partial charge in [0.15, 0.2) is 0 Å². The Labute approximate surface area is 155 Å². The van der Waals surface area contributed by atoms with Crippen molar-refractivity contribution in [3.05, 3.63) is 79.0 Å². The molecule has 3 heterocycles. The minimum Gasteiger partial charge on any atom is -0.368 e. The number of hydrogen-bond acceptors (Lipinski definition) is 5. The van der Waals surface area contributed by atoms with Gasteiger partial charge in [-0.2, -0.15) is 0 Å². The summed E-state index contributed by atoms with van der Waals surface area (Å²) in [5.41, 5.74) is 11.8. The van der Waals surface area contributed by atoms with Crippen LogP contribution in [0.25, 0.3) is 44.5 Å². The van der Waals surface area contributed by atoms with Crippen LogP contribution in [0.1, 0.15) is 0 Å². The average molecular weight is 349 g/mol. The SMILES string of the molecule is Nc1nc(-c2ccccc2)c2nc(-c3cccc4cccnc34)ccc2n1. The topological polar surface area (TPSA) is 77.6 Å². The van der Waals surface area contributed by atoms with Crippen LogP contribution in [0.4, 0.5) is 5.95 Å². The van der Waals surface area contributed by atoms with E-state index in [1.165, 1.54) is 0 Å². The number of aromatic nitrogens is 4. The number of nitrogens with two attached hydrogens (primary N) is 1. The van der Waals surface area contributed by atoms with Crippen LogP contribution < -0.4 is 5.73 Å². The molecule has 0 unspecified atom stereocenters. The van der Waals surface area contributed by atoms with Gasteiger partial charge in [0.1, 0.15) is 11.2 Å². The molecule has 0 spiro atoms. The molecule has 3 aromatic heterocycles. The normalized spacial score (nSPS) is 11.1. The Balaban J connectivity index is 1.80. The first-order valence-corrected chi connectivity index (χ1v) is 8.63. The fourth-order valence-corrected chi connectivity index (χ4v) is 3.29. The van der Waals surface area contributed by atoms with Crippen LogP contribution in [0.2, 0.25) is 0 Å². The van der Waals surface area contributed by atoms with Crippen LogP contribution in [0, 0.1) is 0 Å². The maximum Gasteiger partial charge on any atom is 0.221 e. The molecule has 0 aliphatic heterocycles. The zero-order valence-corrected chi connectivity index (χ0v) is 14.4. The van der Waals surface area contributed by atoms with Crippen LogP contribution in [0.15, 0.2) is 79.0 Å². The van der Waals surface area contributed by atoms with E-state index >= 15 is 0 Å². The largest absolute Gasteiger partial charge is 0.368 e. The number of rotatable bonds is 2. The number of nitrogens with zero attached hydrogens (tertiary/aromatic N) is 4. The number of anilines is 1. The van der Waals surface area contributed by atoms with Gasteiger partial charge in [0, 0.05) is 22.7 Å². The van der Waals surface area contributed by atoms with Crippen molar-refractivity contribution in [1.82, 2.24) is 19.9 Å². The smallest absolute Gasteiger partial charge is 0.221 e. The van der Waals surface area contributed by atoms with Gasteiger partial charge in [-0.1, -0.05) is 54.6 Å². The zero-order valence-electron chi connectivity index (χ0n) is 14.4. The fraction of sp³-hybridized carbons (Fsp3) is 0. The van der Waals surface area contributed by atoms with Crippen molar-refractivity contribution in [3.8, 4) is 22.5 Å². The van der Waals surface area contributed by atoms with E-state index in [0.717, 1.165) is 44.5 Å². The van der Waals surface area contributed by atoms with Gasteiger partial charge in [-0.3, -0.25) is 4.98 Å². The first kappa shape index (κ1) is 15.4. The lowest BCUT2D eigenvalue weighted by Gasteiger charge is -2.09. The lowest BCUT2D eigenvalue weighted by atomic mass is 10.1. The molecule has 0 saturated heterocycles. The molecule has 0 fully saturated rings. The molecule has 0 bridgehead atoms. The number of hydrogen-bond donors (Lipinski definition) is 1. The molecule has 27 heavy (non-hydrogen) atoms. The molecule has 5 heteroatoms. The summed E-state index contributed by atoms with van der Waals surface area (Å²) in [6.45, 7) is 0. The van der Waals surface area contributed by atoms with Gasteiger partial charge in [0.05, 0.1) is 16.7 Å². The Morgan fingerprint density at radius 2 is 1.52 bits per heavy atom. The second-order valence-corrected chi connectivity index (χ2v) is 6.24. The number of fused-ring (bicyclic) bond motifs is 2. The quantitative estimate of drug-likeness (QED) is 0.508. The van der Waals surface area contributed by atoms with Gasteiger partial charge < -0.3 is 5.73 Å². The number of para-hydroxylation sites is 1. The highest BCUT2D eigenvalue weighted by molar-refractivity contribution is 5.96. The summed E-state index contributed by atoms with van der Waals surface area (Å²) >= 11 is 0. The summed E-state index contributed by atoms with van der Waals surface area (Å²) in [5, 5.41) is 1.08. The van der Waals surface area contributed by atoms with Gasteiger partial charge in [0.2, 0.25) is 5.95 Å². The highest BCUT2D eigenvalue weighted by Crippen LogP contribution is 2.30. The third-order valence-corrected chi connectivity index (χ3v) is 4.52. The van der Waals surface area contributed by atoms with Crippen LogP contribution in [0.5, 0.6) is 0 Å². The minimum absolute atomic E-state index is 0.239. The fourth-order valence-electron chi connectivity index (χ4n) is 3.29. The van der Waals surface area contributed by atoms with Gasteiger partial charge in [-0.15, -0.1) is 0 Å². The molecule has 0 aliphatic carbocycles. The summed E-state index contributed by atoms with van der Waals surface area (Å²) in [4.78, 5) is 18.2. The zero-order chi connectivity index (χ0) is 18.2.